The first kappa shape index (κ1) is 11.3. The Morgan fingerprint density at radius 1 is 1.57 bits per heavy atom. The predicted octanol–water partition coefficient (Wildman–Crippen LogP) is -0.811. The number of hydrogen-bond donors (Lipinski definition) is 2. The maximum Gasteiger partial charge on any atom is 0.324 e. The van der Waals surface area contributed by atoms with E-state index in [0.29, 0.717) is 0 Å². The van der Waals surface area contributed by atoms with Crippen LogP contribution in [-0.4, -0.2) is 32.0 Å². The molecule has 3 N–H and O–H groups in total. The number of alkyl halides is 2. The van der Waals surface area contributed by atoms with Crippen molar-refractivity contribution in [2.75, 3.05) is 5.75 Å². The lowest BCUT2D eigenvalue weighted by Gasteiger charge is -2.27. The van der Waals surface area contributed by atoms with Gasteiger partial charge in [0.1, 0.15) is 0 Å². The van der Waals surface area contributed by atoms with E-state index in [1.807, 2.05) is 5.32 Å². The van der Waals surface area contributed by atoms with Crippen molar-refractivity contribution in [1.29, 1.82) is 0 Å². The second-order valence-electron chi connectivity index (χ2n) is 3.24. The van der Waals surface area contributed by atoms with Gasteiger partial charge >= 0.3 is 5.92 Å². The Labute approximate surface area is 79.7 Å². The quantitative estimate of drug-likeness (QED) is 0.647. The zero-order valence-electron chi connectivity index (χ0n) is 7.16. The van der Waals surface area contributed by atoms with Crippen LogP contribution in [0.1, 0.15) is 12.8 Å². The van der Waals surface area contributed by atoms with Gasteiger partial charge in [-0.15, -0.1) is 0 Å². The van der Waals surface area contributed by atoms with Crippen molar-refractivity contribution in [2.45, 2.75) is 24.8 Å². The van der Waals surface area contributed by atoms with E-state index in [1.165, 1.54) is 0 Å². The summed E-state index contributed by atoms with van der Waals surface area (Å²) in [5.41, 5.74) is 0. The fourth-order valence-electron chi connectivity index (χ4n) is 1.24. The number of carbonyl (C=O) groups is 1. The predicted molar refractivity (Wildman–Crippen MR) is 44.1 cm³/mol. The van der Waals surface area contributed by atoms with Crippen molar-refractivity contribution in [1.82, 2.24) is 5.32 Å². The fraction of sp³-hybridized carbons (Fsp3) is 0.833. The molecule has 1 aliphatic rings. The van der Waals surface area contributed by atoms with Gasteiger partial charge in [-0.3, -0.25) is 4.79 Å². The van der Waals surface area contributed by atoms with E-state index >= 15 is 0 Å². The van der Waals surface area contributed by atoms with E-state index in [4.69, 9.17) is 5.14 Å². The summed E-state index contributed by atoms with van der Waals surface area (Å²) >= 11 is 0. The molecule has 1 fully saturated rings. The normalized spacial score (nSPS) is 27.1. The molecule has 0 aromatic heterocycles. The number of amides is 1. The van der Waals surface area contributed by atoms with Gasteiger partial charge in [0, 0.05) is 12.5 Å². The lowest BCUT2D eigenvalue weighted by Crippen LogP contribution is -2.53. The van der Waals surface area contributed by atoms with Crippen LogP contribution in [0.25, 0.3) is 0 Å². The van der Waals surface area contributed by atoms with Gasteiger partial charge in [0.25, 0.3) is 5.91 Å². The number of primary sulfonamides is 1. The SMILES string of the molecule is NS(=O)(=O)CC1CCC(F)(F)C(=O)N1. The number of sulfonamides is 1. The first-order valence-corrected chi connectivity index (χ1v) is 5.61. The van der Waals surface area contributed by atoms with Gasteiger partial charge in [0.15, 0.2) is 0 Å². The Hall–Kier alpha value is -0.760. The maximum atomic E-state index is 12.6. The zero-order valence-corrected chi connectivity index (χ0v) is 7.98. The third-order valence-electron chi connectivity index (χ3n) is 1.91. The number of nitrogens with two attached hydrogens (primary N) is 1. The average Bonchev–Trinajstić information content (AvgIpc) is 1.95. The summed E-state index contributed by atoms with van der Waals surface area (Å²) in [6.07, 6.45) is -0.728. The molecular weight excluding hydrogens is 218 g/mol. The standard InChI is InChI=1S/C6H10F2N2O3S/c7-6(8)2-1-4(10-5(6)11)3-14(9,12)13/h4H,1-3H2,(H,10,11)(H2,9,12,13). The number of rotatable bonds is 2. The molecule has 8 heteroatoms. The molecule has 14 heavy (non-hydrogen) atoms. The van der Waals surface area contributed by atoms with E-state index in [-0.39, 0.29) is 6.42 Å². The Kier molecular flexibility index (Phi) is 2.77. The molecule has 1 rings (SSSR count). The largest absolute Gasteiger partial charge is 0.347 e. The van der Waals surface area contributed by atoms with Crippen LogP contribution in [0.3, 0.4) is 0 Å². The number of halogens is 2. The van der Waals surface area contributed by atoms with Gasteiger partial charge in [-0.25, -0.2) is 13.6 Å². The number of nitrogens with one attached hydrogen (secondary N) is 1. The first-order chi connectivity index (χ1) is 6.21. The van der Waals surface area contributed by atoms with Gasteiger partial charge in [0.2, 0.25) is 10.0 Å². The molecular formula is C6H10F2N2O3S. The summed E-state index contributed by atoms with van der Waals surface area (Å²) < 4.78 is 46.4. The summed E-state index contributed by atoms with van der Waals surface area (Å²) in [6, 6.07) is -0.808. The Bertz CT molecular complexity index is 341. The molecule has 0 aromatic carbocycles. The van der Waals surface area contributed by atoms with Crippen molar-refractivity contribution in [3.05, 3.63) is 0 Å². The smallest absolute Gasteiger partial charge is 0.324 e. The fourth-order valence-corrected chi connectivity index (χ4v) is 2.05. The van der Waals surface area contributed by atoms with Crippen LogP contribution in [0.5, 0.6) is 0 Å². The highest BCUT2D eigenvalue weighted by molar-refractivity contribution is 7.89. The van der Waals surface area contributed by atoms with Crippen LogP contribution in [-0.2, 0) is 14.8 Å². The van der Waals surface area contributed by atoms with Crippen molar-refractivity contribution < 1.29 is 22.0 Å². The molecule has 1 amide bonds. The Balaban J connectivity index is 2.61. The summed E-state index contributed by atoms with van der Waals surface area (Å²) in [4.78, 5) is 10.7. The molecule has 0 aliphatic carbocycles. The third-order valence-corrected chi connectivity index (χ3v) is 2.77. The molecule has 5 nitrogen and oxygen atoms in total. The minimum atomic E-state index is -3.74. The average molecular weight is 228 g/mol. The molecule has 1 aliphatic heterocycles. The molecule has 1 atom stereocenters. The van der Waals surface area contributed by atoms with E-state index in [0.717, 1.165) is 0 Å². The minimum absolute atomic E-state index is 0.0881. The molecule has 0 aromatic rings. The van der Waals surface area contributed by atoms with Crippen molar-refractivity contribution in [3.63, 3.8) is 0 Å². The van der Waals surface area contributed by atoms with Crippen LogP contribution in [0, 0.1) is 0 Å². The van der Waals surface area contributed by atoms with Gasteiger partial charge < -0.3 is 5.32 Å². The van der Waals surface area contributed by atoms with Crippen LogP contribution in [0.2, 0.25) is 0 Å². The summed E-state index contributed by atoms with van der Waals surface area (Å²) in [5, 5.41) is 6.63. The van der Waals surface area contributed by atoms with Gasteiger partial charge in [0.05, 0.1) is 5.75 Å². The molecule has 82 valence electrons. The van der Waals surface area contributed by atoms with Gasteiger partial charge in [-0.1, -0.05) is 0 Å². The van der Waals surface area contributed by atoms with Crippen molar-refractivity contribution >= 4 is 15.9 Å². The van der Waals surface area contributed by atoms with Gasteiger partial charge in [-0.2, -0.15) is 8.78 Å². The monoisotopic (exact) mass is 228 g/mol. The Morgan fingerprint density at radius 3 is 2.57 bits per heavy atom. The summed E-state index contributed by atoms with van der Waals surface area (Å²) in [6.45, 7) is 0. The van der Waals surface area contributed by atoms with Crippen LogP contribution >= 0.6 is 0 Å². The van der Waals surface area contributed by atoms with Crippen molar-refractivity contribution in [2.24, 2.45) is 5.14 Å². The third kappa shape index (κ3) is 2.88. The van der Waals surface area contributed by atoms with Crippen LogP contribution in [0.4, 0.5) is 8.78 Å². The lowest BCUT2D eigenvalue weighted by molar-refractivity contribution is -0.151. The number of hydrogen-bond acceptors (Lipinski definition) is 3. The van der Waals surface area contributed by atoms with E-state index < -0.39 is 40.1 Å². The van der Waals surface area contributed by atoms with Gasteiger partial charge in [-0.05, 0) is 6.42 Å². The highest BCUT2D eigenvalue weighted by atomic mass is 32.2. The second kappa shape index (κ2) is 3.43. The molecule has 0 saturated carbocycles. The number of piperidine rings is 1. The topological polar surface area (TPSA) is 89.3 Å². The number of carbonyl (C=O) groups excluding carboxylic acids is 1. The highest BCUT2D eigenvalue weighted by Crippen LogP contribution is 2.25. The molecule has 0 spiro atoms. The second-order valence-corrected chi connectivity index (χ2v) is 4.90. The van der Waals surface area contributed by atoms with E-state index in [2.05, 4.69) is 0 Å². The molecule has 0 radical (unpaired) electrons. The first-order valence-electron chi connectivity index (χ1n) is 3.90. The lowest BCUT2D eigenvalue weighted by atomic mass is 10.0. The zero-order chi connectivity index (χ0) is 11.0. The van der Waals surface area contributed by atoms with E-state index in [1.54, 1.807) is 0 Å². The maximum absolute atomic E-state index is 12.6. The minimum Gasteiger partial charge on any atom is -0.347 e. The summed E-state index contributed by atoms with van der Waals surface area (Å²) in [5.74, 6) is -5.33. The molecule has 1 saturated heterocycles. The van der Waals surface area contributed by atoms with E-state index in [9.17, 15) is 22.0 Å². The molecule has 1 heterocycles. The van der Waals surface area contributed by atoms with Crippen LogP contribution < -0.4 is 10.5 Å². The summed E-state index contributed by atoms with van der Waals surface area (Å²) in [7, 11) is -3.74. The molecule has 1 unspecified atom stereocenters. The highest BCUT2D eigenvalue weighted by Gasteiger charge is 2.44. The van der Waals surface area contributed by atoms with Crippen molar-refractivity contribution in [3.8, 4) is 0 Å². The Morgan fingerprint density at radius 2 is 2.14 bits per heavy atom. The van der Waals surface area contributed by atoms with Crippen LogP contribution in [0.15, 0.2) is 0 Å². The molecule has 0 bridgehead atoms.